The number of carbonyl (C=O) groups excluding carboxylic acids is 1. The topological polar surface area (TPSA) is 17.1 Å². The molecule has 2 aromatic rings. The van der Waals surface area contributed by atoms with Gasteiger partial charge in [0.1, 0.15) is 0 Å². The minimum Gasteiger partial charge on any atom is -0.289 e. The lowest BCUT2D eigenvalue weighted by Gasteiger charge is -2.04. The number of rotatable bonds is 3. The van der Waals surface area contributed by atoms with Crippen LogP contribution in [-0.2, 0) is 0 Å². The van der Waals surface area contributed by atoms with Crippen LogP contribution in [0.25, 0.3) is 6.08 Å². The normalized spacial score (nSPS) is 10.6. The Balaban J connectivity index is 2.44. The van der Waals surface area contributed by atoms with E-state index in [0.29, 0.717) is 0 Å². The Morgan fingerprint density at radius 2 is 1.59 bits per heavy atom. The fraction of sp³-hybridized carbons (Fsp3) is 0.0625. The summed E-state index contributed by atoms with van der Waals surface area (Å²) in [5.74, 6) is 0.0688. The van der Waals surface area contributed by atoms with Crippen LogP contribution in [0.1, 0.15) is 28.4 Å². The van der Waals surface area contributed by atoms with Crippen LogP contribution in [-0.4, -0.2) is 5.78 Å². The van der Waals surface area contributed by atoms with Crippen molar-refractivity contribution >= 4 is 11.9 Å². The highest BCUT2D eigenvalue weighted by Gasteiger charge is 2.10. The zero-order valence-electron chi connectivity index (χ0n) is 9.76. The maximum absolute atomic E-state index is 12.3. The molecule has 0 amide bonds. The van der Waals surface area contributed by atoms with Crippen LogP contribution < -0.4 is 0 Å². The van der Waals surface area contributed by atoms with Crippen molar-refractivity contribution < 1.29 is 4.79 Å². The monoisotopic (exact) mass is 222 g/mol. The third-order valence-electron chi connectivity index (χ3n) is 2.59. The van der Waals surface area contributed by atoms with Gasteiger partial charge in [-0.15, -0.1) is 0 Å². The van der Waals surface area contributed by atoms with Crippen molar-refractivity contribution in [2.45, 2.75) is 6.92 Å². The van der Waals surface area contributed by atoms with Gasteiger partial charge in [0.15, 0.2) is 5.78 Å². The van der Waals surface area contributed by atoms with Gasteiger partial charge in [0, 0.05) is 11.1 Å². The molecule has 0 unspecified atom stereocenters. The largest absolute Gasteiger partial charge is 0.289 e. The maximum Gasteiger partial charge on any atom is 0.193 e. The third-order valence-corrected chi connectivity index (χ3v) is 2.59. The molecular formula is C16H14O. The highest BCUT2D eigenvalue weighted by atomic mass is 16.1. The van der Waals surface area contributed by atoms with Crippen LogP contribution in [0.2, 0.25) is 0 Å². The molecule has 17 heavy (non-hydrogen) atoms. The average Bonchev–Trinajstić information content (AvgIpc) is 2.40. The van der Waals surface area contributed by atoms with E-state index < -0.39 is 0 Å². The van der Waals surface area contributed by atoms with Crippen LogP contribution in [0.15, 0.2) is 60.7 Å². The van der Waals surface area contributed by atoms with Gasteiger partial charge in [-0.1, -0.05) is 66.7 Å². The highest BCUT2D eigenvalue weighted by Crippen LogP contribution is 2.15. The molecule has 0 aromatic heterocycles. The Morgan fingerprint density at radius 3 is 2.29 bits per heavy atom. The van der Waals surface area contributed by atoms with Crippen LogP contribution in [0.4, 0.5) is 0 Å². The van der Waals surface area contributed by atoms with Crippen LogP contribution in [0, 0.1) is 0 Å². The molecule has 2 rings (SSSR count). The Kier molecular flexibility index (Phi) is 3.51. The molecule has 0 heterocycles. The van der Waals surface area contributed by atoms with E-state index in [4.69, 9.17) is 0 Å². The lowest BCUT2D eigenvalue weighted by atomic mass is 9.98. The maximum atomic E-state index is 12.3. The SMILES string of the molecule is C/C=C/c1ccccc1C(=O)c1ccccc1. The van der Waals surface area contributed by atoms with Gasteiger partial charge < -0.3 is 0 Å². The molecule has 2 aromatic carbocycles. The summed E-state index contributed by atoms with van der Waals surface area (Å²) < 4.78 is 0. The second-order valence-corrected chi connectivity index (χ2v) is 3.78. The predicted octanol–water partition coefficient (Wildman–Crippen LogP) is 3.95. The van der Waals surface area contributed by atoms with Gasteiger partial charge in [-0.2, -0.15) is 0 Å². The number of allylic oxidation sites excluding steroid dienone is 1. The minimum absolute atomic E-state index is 0.0688. The molecule has 0 N–H and O–H groups in total. The second kappa shape index (κ2) is 5.26. The Morgan fingerprint density at radius 1 is 0.941 bits per heavy atom. The number of hydrogen-bond acceptors (Lipinski definition) is 1. The zero-order valence-corrected chi connectivity index (χ0v) is 9.76. The van der Waals surface area contributed by atoms with E-state index in [1.165, 1.54) is 0 Å². The minimum atomic E-state index is 0.0688. The summed E-state index contributed by atoms with van der Waals surface area (Å²) in [7, 11) is 0. The first kappa shape index (κ1) is 11.3. The molecule has 1 heteroatoms. The molecule has 0 saturated carbocycles. The van der Waals surface area contributed by atoms with E-state index >= 15 is 0 Å². The first-order valence-corrected chi connectivity index (χ1v) is 5.64. The second-order valence-electron chi connectivity index (χ2n) is 3.78. The molecule has 0 spiro atoms. The van der Waals surface area contributed by atoms with Crippen molar-refractivity contribution in [3.8, 4) is 0 Å². The molecule has 0 aliphatic heterocycles. The summed E-state index contributed by atoms with van der Waals surface area (Å²) in [4.78, 5) is 12.3. The van der Waals surface area contributed by atoms with Crippen molar-refractivity contribution in [2.24, 2.45) is 0 Å². The van der Waals surface area contributed by atoms with Gasteiger partial charge in [0.25, 0.3) is 0 Å². The van der Waals surface area contributed by atoms with Crippen molar-refractivity contribution in [3.63, 3.8) is 0 Å². The predicted molar refractivity (Wildman–Crippen MR) is 71.0 cm³/mol. The van der Waals surface area contributed by atoms with Gasteiger partial charge in [-0.25, -0.2) is 0 Å². The number of carbonyl (C=O) groups is 1. The summed E-state index contributed by atoms with van der Waals surface area (Å²) in [6.07, 6.45) is 3.90. The van der Waals surface area contributed by atoms with E-state index in [2.05, 4.69) is 0 Å². The van der Waals surface area contributed by atoms with E-state index in [9.17, 15) is 4.79 Å². The first-order chi connectivity index (χ1) is 8.33. The Bertz CT molecular complexity index is 538. The van der Waals surface area contributed by atoms with Crippen molar-refractivity contribution in [3.05, 3.63) is 77.4 Å². The lowest BCUT2D eigenvalue weighted by molar-refractivity contribution is 0.103. The van der Waals surface area contributed by atoms with E-state index in [0.717, 1.165) is 16.7 Å². The summed E-state index contributed by atoms with van der Waals surface area (Å²) in [5.41, 5.74) is 2.44. The summed E-state index contributed by atoms with van der Waals surface area (Å²) in [6.45, 7) is 1.95. The molecule has 0 bridgehead atoms. The van der Waals surface area contributed by atoms with Gasteiger partial charge in [0.2, 0.25) is 0 Å². The number of hydrogen-bond donors (Lipinski definition) is 0. The summed E-state index contributed by atoms with van der Waals surface area (Å²) in [5, 5.41) is 0. The zero-order chi connectivity index (χ0) is 12.1. The highest BCUT2D eigenvalue weighted by molar-refractivity contribution is 6.10. The van der Waals surface area contributed by atoms with E-state index in [1.54, 1.807) is 0 Å². The van der Waals surface area contributed by atoms with Crippen molar-refractivity contribution in [1.29, 1.82) is 0 Å². The molecule has 0 aliphatic rings. The smallest absolute Gasteiger partial charge is 0.193 e. The van der Waals surface area contributed by atoms with E-state index in [-0.39, 0.29) is 5.78 Å². The molecule has 1 nitrogen and oxygen atoms in total. The van der Waals surface area contributed by atoms with Gasteiger partial charge >= 0.3 is 0 Å². The van der Waals surface area contributed by atoms with Gasteiger partial charge in [-0.05, 0) is 12.5 Å². The van der Waals surface area contributed by atoms with Gasteiger partial charge in [-0.3, -0.25) is 4.79 Å². The average molecular weight is 222 g/mol. The van der Waals surface area contributed by atoms with Crippen molar-refractivity contribution in [1.82, 2.24) is 0 Å². The lowest BCUT2D eigenvalue weighted by Crippen LogP contribution is -2.02. The first-order valence-electron chi connectivity index (χ1n) is 5.64. The number of benzene rings is 2. The van der Waals surface area contributed by atoms with Crippen LogP contribution in [0.3, 0.4) is 0 Å². The third kappa shape index (κ3) is 2.51. The summed E-state index contributed by atoms with van der Waals surface area (Å²) in [6, 6.07) is 17.0. The molecule has 0 radical (unpaired) electrons. The fourth-order valence-corrected chi connectivity index (χ4v) is 1.77. The van der Waals surface area contributed by atoms with Crippen molar-refractivity contribution in [2.75, 3.05) is 0 Å². The standard InChI is InChI=1S/C16H14O/c1-2-8-13-9-6-7-12-15(13)16(17)14-10-4-3-5-11-14/h2-12H,1H3/b8-2+. The quantitative estimate of drug-likeness (QED) is 0.718. The molecular weight excluding hydrogens is 208 g/mol. The van der Waals surface area contributed by atoms with Crippen LogP contribution >= 0.6 is 0 Å². The fourth-order valence-electron chi connectivity index (χ4n) is 1.77. The molecule has 84 valence electrons. The Labute approximate surface area is 101 Å². The molecule has 0 saturated heterocycles. The molecule has 0 fully saturated rings. The molecule has 0 aliphatic carbocycles. The van der Waals surface area contributed by atoms with Crippen LogP contribution in [0.5, 0.6) is 0 Å². The summed E-state index contributed by atoms with van der Waals surface area (Å²) >= 11 is 0. The van der Waals surface area contributed by atoms with Gasteiger partial charge in [0.05, 0.1) is 0 Å². The Hall–Kier alpha value is -2.15. The number of ketones is 1. The van der Waals surface area contributed by atoms with E-state index in [1.807, 2.05) is 73.7 Å². The molecule has 0 atom stereocenters.